The van der Waals surface area contributed by atoms with E-state index >= 15 is 0 Å². The Morgan fingerprint density at radius 1 is 0.912 bits per heavy atom. The van der Waals surface area contributed by atoms with Gasteiger partial charge >= 0.3 is 7.60 Å². The van der Waals surface area contributed by atoms with E-state index in [-0.39, 0.29) is 19.0 Å². The molecule has 0 spiro atoms. The lowest BCUT2D eigenvalue weighted by atomic mass is 10.1. The van der Waals surface area contributed by atoms with Crippen molar-refractivity contribution in [3.8, 4) is 39.7 Å². The van der Waals surface area contributed by atoms with Crippen LogP contribution in [0.25, 0.3) is 33.9 Å². The summed E-state index contributed by atoms with van der Waals surface area (Å²) in [5.41, 5.74) is 4.33. The SMILES string of the molecule is CCOP(=O)(OCC)c1ccc(O)c(-c2nc(-c3cc(C)sc3C)c(-c3cc(C)sc3C)[nH]2)c1. The van der Waals surface area contributed by atoms with Crippen LogP contribution in [0.4, 0.5) is 0 Å². The van der Waals surface area contributed by atoms with Gasteiger partial charge in [-0.25, -0.2) is 4.98 Å². The summed E-state index contributed by atoms with van der Waals surface area (Å²) in [6.45, 7) is 12.4. The molecular weight excluding hydrogens is 487 g/mol. The second-order valence-corrected chi connectivity index (χ2v) is 12.9. The van der Waals surface area contributed by atoms with Crippen LogP contribution in [0.5, 0.6) is 5.75 Å². The topological polar surface area (TPSA) is 84.4 Å². The van der Waals surface area contributed by atoms with Crippen LogP contribution < -0.4 is 5.30 Å². The molecule has 0 amide bonds. The quantitative estimate of drug-likeness (QED) is 0.239. The van der Waals surface area contributed by atoms with Crippen molar-refractivity contribution in [1.82, 2.24) is 9.97 Å². The molecule has 1 aromatic carbocycles. The van der Waals surface area contributed by atoms with Gasteiger partial charge in [0, 0.05) is 30.6 Å². The molecule has 0 radical (unpaired) electrons. The third-order valence-electron chi connectivity index (χ3n) is 5.46. The first-order chi connectivity index (χ1) is 16.2. The largest absolute Gasteiger partial charge is 0.507 e. The summed E-state index contributed by atoms with van der Waals surface area (Å²) in [6, 6.07) is 9.04. The van der Waals surface area contributed by atoms with Gasteiger partial charge in [-0.05, 0) is 71.9 Å². The maximum absolute atomic E-state index is 13.4. The van der Waals surface area contributed by atoms with Crippen LogP contribution in [-0.4, -0.2) is 28.3 Å². The van der Waals surface area contributed by atoms with Gasteiger partial charge in [-0.1, -0.05) is 0 Å². The lowest BCUT2D eigenvalue weighted by Crippen LogP contribution is -2.11. The molecule has 0 atom stereocenters. The molecule has 9 heteroatoms. The molecule has 0 fully saturated rings. The van der Waals surface area contributed by atoms with E-state index in [1.54, 1.807) is 48.7 Å². The van der Waals surface area contributed by atoms with Gasteiger partial charge in [0.2, 0.25) is 0 Å². The molecule has 4 aromatic rings. The Morgan fingerprint density at radius 2 is 1.50 bits per heavy atom. The number of H-pyrrole nitrogens is 1. The first-order valence-corrected chi connectivity index (χ1v) is 14.3. The summed E-state index contributed by atoms with van der Waals surface area (Å²) in [4.78, 5) is 13.2. The fourth-order valence-electron chi connectivity index (χ4n) is 4.05. The molecule has 0 aliphatic carbocycles. The van der Waals surface area contributed by atoms with E-state index in [4.69, 9.17) is 14.0 Å². The Balaban J connectivity index is 1.93. The van der Waals surface area contributed by atoms with Crippen molar-refractivity contribution in [3.63, 3.8) is 0 Å². The Bertz CT molecular complexity index is 1310. The third kappa shape index (κ3) is 4.66. The van der Waals surface area contributed by atoms with Gasteiger partial charge in [-0.2, -0.15) is 0 Å². The minimum Gasteiger partial charge on any atom is -0.507 e. The van der Waals surface area contributed by atoms with Crippen LogP contribution in [0.1, 0.15) is 33.4 Å². The molecule has 34 heavy (non-hydrogen) atoms. The fraction of sp³-hybridized carbons (Fsp3) is 0.320. The number of aromatic nitrogens is 2. The van der Waals surface area contributed by atoms with E-state index in [0.717, 1.165) is 22.5 Å². The van der Waals surface area contributed by atoms with Crippen LogP contribution in [-0.2, 0) is 13.6 Å². The van der Waals surface area contributed by atoms with Gasteiger partial charge in [0.05, 0.1) is 35.5 Å². The van der Waals surface area contributed by atoms with E-state index in [2.05, 4.69) is 44.8 Å². The highest BCUT2D eigenvalue weighted by Gasteiger charge is 2.29. The summed E-state index contributed by atoms with van der Waals surface area (Å²) >= 11 is 3.47. The summed E-state index contributed by atoms with van der Waals surface area (Å²) in [7, 11) is -3.52. The average Bonchev–Trinajstić information content (AvgIpc) is 3.44. The number of nitrogens with one attached hydrogen (secondary N) is 1. The number of imidazole rings is 1. The Labute approximate surface area is 208 Å². The number of aromatic amines is 1. The normalized spacial score (nSPS) is 11.9. The number of rotatable bonds is 8. The molecule has 0 bridgehead atoms. The van der Waals surface area contributed by atoms with Crippen LogP contribution in [0.15, 0.2) is 30.3 Å². The number of hydrogen-bond acceptors (Lipinski definition) is 7. The predicted molar refractivity (Wildman–Crippen MR) is 142 cm³/mol. The maximum atomic E-state index is 13.4. The zero-order valence-electron chi connectivity index (χ0n) is 20.2. The highest BCUT2D eigenvalue weighted by molar-refractivity contribution is 7.62. The van der Waals surface area contributed by atoms with Gasteiger partial charge in [0.15, 0.2) is 0 Å². The Hall–Kier alpha value is -2.22. The highest BCUT2D eigenvalue weighted by Crippen LogP contribution is 2.48. The minimum absolute atomic E-state index is 0.0339. The number of nitrogens with zero attached hydrogens (tertiary/aromatic N) is 1. The monoisotopic (exact) mass is 516 g/mol. The van der Waals surface area contributed by atoms with Crippen molar-refractivity contribution in [3.05, 3.63) is 49.8 Å². The van der Waals surface area contributed by atoms with Crippen LogP contribution in [0, 0.1) is 27.7 Å². The zero-order chi connectivity index (χ0) is 24.6. The molecule has 3 heterocycles. The van der Waals surface area contributed by atoms with E-state index in [1.807, 2.05) is 0 Å². The Morgan fingerprint density at radius 3 is 2.03 bits per heavy atom. The molecule has 0 aliphatic rings. The minimum atomic E-state index is -3.52. The maximum Gasteiger partial charge on any atom is 0.361 e. The number of aromatic hydroxyl groups is 1. The van der Waals surface area contributed by atoms with Gasteiger partial charge in [0.1, 0.15) is 11.6 Å². The van der Waals surface area contributed by atoms with Crippen molar-refractivity contribution in [2.75, 3.05) is 13.2 Å². The molecule has 0 saturated heterocycles. The lowest BCUT2D eigenvalue weighted by Gasteiger charge is -2.18. The van der Waals surface area contributed by atoms with Crippen LogP contribution in [0.2, 0.25) is 0 Å². The predicted octanol–water partition coefficient (Wildman–Crippen LogP) is 7.36. The second-order valence-electron chi connectivity index (χ2n) is 8.00. The van der Waals surface area contributed by atoms with Crippen molar-refractivity contribution >= 4 is 35.6 Å². The number of aryl methyl sites for hydroxylation is 4. The van der Waals surface area contributed by atoms with Crippen molar-refractivity contribution in [2.45, 2.75) is 41.5 Å². The molecular formula is C25H29N2O4PS2. The average molecular weight is 517 g/mol. The summed E-state index contributed by atoms with van der Waals surface area (Å²) in [5.74, 6) is 0.530. The molecule has 3 aromatic heterocycles. The standard InChI is InChI=1S/C25H29N2O4PS2/c1-7-30-32(29,31-8-2)18-9-10-22(28)21(13-18)25-26-23(19-11-14(3)33-16(19)5)24(27-25)20-12-15(4)34-17(20)6/h9-13,28H,7-8H2,1-6H3,(H,26,27). The first-order valence-electron chi connectivity index (χ1n) is 11.1. The molecule has 0 unspecified atom stereocenters. The van der Waals surface area contributed by atoms with Gasteiger partial charge in [0.25, 0.3) is 0 Å². The van der Waals surface area contributed by atoms with Crippen molar-refractivity contribution in [1.29, 1.82) is 0 Å². The van der Waals surface area contributed by atoms with E-state index < -0.39 is 7.60 Å². The number of phenols is 1. The summed E-state index contributed by atoms with van der Waals surface area (Å²) in [5, 5.41) is 11.1. The zero-order valence-corrected chi connectivity index (χ0v) is 22.7. The number of hydrogen-bond donors (Lipinski definition) is 2. The number of benzene rings is 1. The van der Waals surface area contributed by atoms with Crippen molar-refractivity contribution in [2.24, 2.45) is 0 Å². The molecule has 180 valence electrons. The van der Waals surface area contributed by atoms with Gasteiger partial charge in [-0.3, -0.25) is 4.57 Å². The smallest absolute Gasteiger partial charge is 0.361 e. The summed E-state index contributed by atoms with van der Waals surface area (Å²) < 4.78 is 24.4. The van der Waals surface area contributed by atoms with E-state index in [1.165, 1.54) is 25.6 Å². The molecule has 0 aliphatic heterocycles. The van der Waals surface area contributed by atoms with E-state index in [9.17, 15) is 9.67 Å². The van der Waals surface area contributed by atoms with Gasteiger partial charge in [-0.15, -0.1) is 22.7 Å². The number of phenolic OH excluding ortho intramolecular Hbond substituents is 1. The third-order valence-corrected chi connectivity index (χ3v) is 9.50. The second kappa shape index (κ2) is 9.80. The lowest BCUT2D eigenvalue weighted by molar-refractivity contribution is 0.230. The fourth-order valence-corrected chi connectivity index (χ4v) is 7.50. The molecule has 6 nitrogen and oxygen atoms in total. The molecule has 2 N–H and O–H groups in total. The molecule has 0 saturated carbocycles. The van der Waals surface area contributed by atoms with Crippen LogP contribution in [0.3, 0.4) is 0 Å². The number of thiophene rings is 2. The molecule has 4 rings (SSSR count). The Kier molecular flexibility index (Phi) is 7.17. The highest BCUT2D eigenvalue weighted by atomic mass is 32.1. The summed E-state index contributed by atoms with van der Waals surface area (Å²) in [6.07, 6.45) is 0. The van der Waals surface area contributed by atoms with Crippen molar-refractivity contribution < 1.29 is 18.7 Å². The van der Waals surface area contributed by atoms with Crippen LogP contribution >= 0.6 is 30.3 Å². The van der Waals surface area contributed by atoms with E-state index in [0.29, 0.717) is 16.7 Å². The first kappa shape index (κ1) is 24.9. The van der Waals surface area contributed by atoms with Gasteiger partial charge < -0.3 is 19.1 Å².